The number of amides is 1. The molecule has 2 rings (SSSR count). The van der Waals surface area contributed by atoms with Crippen molar-refractivity contribution in [2.45, 2.75) is 32.7 Å². The summed E-state index contributed by atoms with van der Waals surface area (Å²) in [6, 6.07) is 5.88. The van der Waals surface area contributed by atoms with Crippen molar-refractivity contribution in [2.75, 3.05) is 17.6 Å². The Kier molecular flexibility index (Phi) is 3.75. The van der Waals surface area contributed by atoms with Gasteiger partial charge in [0.1, 0.15) is 0 Å². The van der Waals surface area contributed by atoms with Crippen molar-refractivity contribution in [2.24, 2.45) is 5.92 Å². The van der Waals surface area contributed by atoms with Gasteiger partial charge in [0, 0.05) is 24.0 Å². The molecule has 1 amide bonds. The number of nitrogens with one attached hydrogen (secondary N) is 2. The summed E-state index contributed by atoms with van der Waals surface area (Å²) in [7, 11) is 0. The molecule has 4 nitrogen and oxygen atoms in total. The Morgan fingerprint density at radius 3 is 2.83 bits per heavy atom. The van der Waals surface area contributed by atoms with Crippen molar-refractivity contribution < 1.29 is 4.79 Å². The molecule has 4 heteroatoms. The number of anilines is 2. The normalized spacial score (nSPS) is 21.4. The quantitative estimate of drug-likeness (QED) is 0.699. The van der Waals surface area contributed by atoms with Gasteiger partial charge >= 0.3 is 0 Å². The number of nitrogen functional groups attached to an aromatic ring is 1. The van der Waals surface area contributed by atoms with Crippen LogP contribution in [-0.2, 0) is 0 Å². The summed E-state index contributed by atoms with van der Waals surface area (Å²) in [5.74, 6) is 0.683. The van der Waals surface area contributed by atoms with Gasteiger partial charge in [0.15, 0.2) is 0 Å². The minimum Gasteiger partial charge on any atom is -0.399 e. The van der Waals surface area contributed by atoms with Crippen LogP contribution in [0.1, 0.15) is 37.0 Å². The number of benzene rings is 1. The first-order valence-corrected chi connectivity index (χ1v) is 6.60. The highest BCUT2D eigenvalue weighted by atomic mass is 16.1. The second kappa shape index (κ2) is 5.29. The van der Waals surface area contributed by atoms with E-state index >= 15 is 0 Å². The summed E-state index contributed by atoms with van der Waals surface area (Å²) in [4.78, 5) is 11.9. The smallest absolute Gasteiger partial charge is 0.253 e. The summed E-state index contributed by atoms with van der Waals surface area (Å²) in [6.45, 7) is 4.73. The van der Waals surface area contributed by atoms with Gasteiger partial charge in [0.05, 0.1) is 5.56 Å². The molecule has 2 unspecified atom stereocenters. The van der Waals surface area contributed by atoms with Crippen LogP contribution in [0.2, 0.25) is 0 Å². The van der Waals surface area contributed by atoms with Gasteiger partial charge in [-0.05, 0) is 37.5 Å². The molecule has 0 saturated heterocycles. The zero-order valence-electron chi connectivity index (χ0n) is 11.0. The summed E-state index contributed by atoms with van der Waals surface area (Å²) >= 11 is 0. The summed E-state index contributed by atoms with van der Waals surface area (Å²) < 4.78 is 0. The van der Waals surface area contributed by atoms with Gasteiger partial charge in [-0.3, -0.25) is 4.79 Å². The molecule has 4 N–H and O–H groups in total. The fourth-order valence-electron chi connectivity index (χ4n) is 2.21. The molecule has 0 bridgehead atoms. The maximum Gasteiger partial charge on any atom is 0.253 e. The van der Waals surface area contributed by atoms with E-state index in [0.717, 1.165) is 11.6 Å². The van der Waals surface area contributed by atoms with Crippen molar-refractivity contribution in [3.8, 4) is 0 Å². The first-order chi connectivity index (χ1) is 8.65. The number of hydrogen-bond donors (Lipinski definition) is 3. The standard InChI is InChI=1S/C14H21N3O/c1-3-9-7-12(9)17-13-8-10(15)5-6-11(13)14(18)16-4-2/h5-6,8-9,12,17H,3-4,7,15H2,1-2H3,(H,16,18). The van der Waals surface area contributed by atoms with Crippen molar-refractivity contribution in [3.05, 3.63) is 23.8 Å². The van der Waals surface area contributed by atoms with Gasteiger partial charge in [-0.25, -0.2) is 0 Å². The van der Waals surface area contributed by atoms with Crippen LogP contribution < -0.4 is 16.4 Å². The Morgan fingerprint density at radius 2 is 2.22 bits per heavy atom. The Morgan fingerprint density at radius 1 is 1.44 bits per heavy atom. The van der Waals surface area contributed by atoms with Gasteiger partial charge < -0.3 is 16.4 Å². The highest BCUT2D eigenvalue weighted by Crippen LogP contribution is 2.37. The highest BCUT2D eigenvalue weighted by molar-refractivity contribution is 6.00. The number of rotatable bonds is 5. The zero-order valence-corrected chi connectivity index (χ0v) is 11.0. The lowest BCUT2D eigenvalue weighted by Crippen LogP contribution is -2.24. The van der Waals surface area contributed by atoms with E-state index in [4.69, 9.17) is 5.73 Å². The lowest BCUT2D eigenvalue weighted by molar-refractivity contribution is 0.0956. The van der Waals surface area contributed by atoms with E-state index < -0.39 is 0 Å². The van der Waals surface area contributed by atoms with Crippen LogP contribution >= 0.6 is 0 Å². The SMILES string of the molecule is CCNC(=O)c1ccc(N)cc1NC1CC1CC. The molecule has 18 heavy (non-hydrogen) atoms. The third kappa shape index (κ3) is 2.75. The molecule has 0 spiro atoms. The minimum absolute atomic E-state index is 0.0475. The molecular weight excluding hydrogens is 226 g/mol. The molecule has 0 aliphatic heterocycles. The third-order valence-corrected chi connectivity index (χ3v) is 3.41. The first kappa shape index (κ1) is 12.7. The van der Waals surface area contributed by atoms with E-state index in [1.54, 1.807) is 12.1 Å². The second-order valence-corrected chi connectivity index (χ2v) is 4.82. The van der Waals surface area contributed by atoms with Crippen LogP contribution in [0.25, 0.3) is 0 Å². The van der Waals surface area contributed by atoms with Crippen LogP contribution in [0.5, 0.6) is 0 Å². The van der Waals surface area contributed by atoms with Gasteiger partial charge in [-0.2, -0.15) is 0 Å². The molecule has 1 aliphatic rings. The first-order valence-electron chi connectivity index (χ1n) is 6.60. The molecule has 98 valence electrons. The van der Waals surface area contributed by atoms with E-state index in [2.05, 4.69) is 17.6 Å². The topological polar surface area (TPSA) is 67.2 Å². The van der Waals surface area contributed by atoms with Crippen LogP contribution in [0.3, 0.4) is 0 Å². The van der Waals surface area contributed by atoms with E-state index in [9.17, 15) is 4.79 Å². The van der Waals surface area contributed by atoms with Gasteiger partial charge in [-0.15, -0.1) is 0 Å². The van der Waals surface area contributed by atoms with Crippen LogP contribution in [0.4, 0.5) is 11.4 Å². The number of carbonyl (C=O) groups is 1. The predicted octanol–water partition coefficient (Wildman–Crippen LogP) is 2.23. The van der Waals surface area contributed by atoms with Crippen molar-refractivity contribution in [1.29, 1.82) is 0 Å². The fourth-order valence-corrected chi connectivity index (χ4v) is 2.21. The number of nitrogens with two attached hydrogens (primary N) is 1. The molecule has 0 radical (unpaired) electrons. The van der Waals surface area contributed by atoms with Crippen molar-refractivity contribution in [3.63, 3.8) is 0 Å². The molecule has 2 atom stereocenters. The molecule has 1 fully saturated rings. The van der Waals surface area contributed by atoms with E-state index in [-0.39, 0.29) is 5.91 Å². The Balaban J connectivity index is 2.16. The number of carbonyl (C=O) groups excluding carboxylic acids is 1. The minimum atomic E-state index is -0.0475. The largest absolute Gasteiger partial charge is 0.399 e. The Labute approximate surface area is 108 Å². The molecule has 1 aromatic carbocycles. The maximum atomic E-state index is 11.9. The summed E-state index contributed by atoms with van der Waals surface area (Å²) in [6.07, 6.45) is 2.36. The lowest BCUT2D eigenvalue weighted by atomic mass is 10.1. The third-order valence-electron chi connectivity index (χ3n) is 3.41. The van der Waals surface area contributed by atoms with E-state index in [1.165, 1.54) is 12.8 Å². The molecule has 0 aromatic heterocycles. The van der Waals surface area contributed by atoms with Crippen molar-refractivity contribution in [1.82, 2.24) is 5.32 Å². The molecular formula is C14H21N3O. The summed E-state index contributed by atoms with van der Waals surface area (Å²) in [5.41, 5.74) is 8.00. The Bertz CT molecular complexity index is 445. The van der Waals surface area contributed by atoms with Crippen molar-refractivity contribution >= 4 is 17.3 Å². The number of hydrogen-bond acceptors (Lipinski definition) is 3. The van der Waals surface area contributed by atoms with E-state index in [1.807, 2.05) is 13.0 Å². The zero-order chi connectivity index (χ0) is 13.1. The summed E-state index contributed by atoms with van der Waals surface area (Å²) in [5, 5.41) is 6.25. The molecule has 1 aromatic rings. The second-order valence-electron chi connectivity index (χ2n) is 4.82. The van der Waals surface area contributed by atoms with Gasteiger partial charge in [0.25, 0.3) is 5.91 Å². The van der Waals surface area contributed by atoms with E-state index in [0.29, 0.717) is 23.8 Å². The average molecular weight is 247 g/mol. The maximum absolute atomic E-state index is 11.9. The van der Waals surface area contributed by atoms with Crippen LogP contribution in [-0.4, -0.2) is 18.5 Å². The Hall–Kier alpha value is -1.71. The van der Waals surface area contributed by atoms with Crippen LogP contribution in [0, 0.1) is 5.92 Å². The molecule has 1 aliphatic carbocycles. The monoisotopic (exact) mass is 247 g/mol. The fraction of sp³-hybridized carbons (Fsp3) is 0.500. The lowest BCUT2D eigenvalue weighted by Gasteiger charge is -2.12. The average Bonchev–Trinajstić information content (AvgIpc) is 3.08. The van der Waals surface area contributed by atoms with Crippen LogP contribution in [0.15, 0.2) is 18.2 Å². The highest BCUT2D eigenvalue weighted by Gasteiger charge is 2.35. The predicted molar refractivity (Wildman–Crippen MR) is 74.7 cm³/mol. The van der Waals surface area contributed by atoms with Gasteiger partial charge in [-0.1, -0.05) is 13.3 Å². The molecule has 0 heterocycles. The molecule has 1 saturated carbocycles. The van der Waals surface area contributed by atoms with Gasteiger partial charge in [0.2, 0.25) is 0 Å².